The minimum absolute atomic E-state index is 0.236. The van der Waals surface area contributed by atoms with Crippen molar-refractivity contribution in [3.63, 3.8) is 0 Å². The van der Waals surface area contributed by atoms with Crippen LogP contribution >= 0.6 is 0 Å². The first-order valence-electron chi connectivity index (χ1n) is 7.88. The first kappa shape index (κ1) is 22.3. The van der Waals surface area contributed by atoms with E-state index in [-0.39, 0.29) is 5.75 Å². The number of rotatable bonds is 9. The molecule has 0 aromatic rings. The molecule has 0 radical (unpaired) electrons. The fourth-order valence-electron chi connectivity index (χ4n) is 2.51. The summed E-state index contributed by atoms with van der Waals surface area (Å²) in [5.41, 5.74) is 0. The van der Waals surface area contributed by atoms with Crippen molar-refractivity contribution in [1.82, 2.24) is 10.0 Å². The Morgan fingerprint density at radius 2 is 1.96 bits per heavy atom. The fourth-order valence-corrected chi connectivity index (χ4v) is 3.79. The van der Waals surface area contributed by atoms with Gasteiger partial charge in [-0.25, -0.2) is 17.9 Å². The van der Waals surface area contributed by atoms with E-state index >= 15 is 0 Å². The van der Waals surface area contributed by atoms with Gasteiger partial charge in [0.25, 0.3) is 0 Å². The standard InChI is InChI=1S/C14H24N2O9S/c1-3-4-26(23,24)16-8-5-10(14(21)22)25-13(11(8)15-7(2)18)12(20)9(19)6-17/h5,8-9,11-13,16-17,19-20H,3-4,6H2,1-2H3,(H,15,18)(H,21,22)/t8-,9?,11+,12+,13+/m0/s1. The second kappa shape index (κ2) is 9.28. The average molecular weight is 396 g/mol. The molecule has 0 spiro atoms. The van der Waals surface area contributed by atoms with E-state index in [0.717, 1.165) is 13.0 Å². The molecule has 0 aliphatic carbocycles. The quantitative estimate of drug-likeness (QED) is 0.241. The number of carbonyl (C=O) groups is 2. The van der Waals surface area contributed by atoms with Crippen molar-refractivity contribution < 1.29 is 43.2 Å². The summed E-state index contributed by atoms with van der Waals surface area (Å²) in [6.07, 6.45) is -3.75. The molecule has 1 amide bonds. The molecule has 5 atom stereocenters. The lowest BCUT2D eigenvalue weighted by molar-refractivity contribution is -0.146. The van der Waals surface area contributed by atoms with E-state index in [1.165, 1.54) is 0 Å². The molecule has 0 saturated heterocycles. The second-order valence-electron chi connectivity index (χ2n) is 5.85. The number of sulfonamides is 1. The van der Waals surface area contributed by atoms with Gasteiger partial charge in [0.2, 0.25) is 21.7 Å². The van der Waals surface area contributed by atoms with Crippen LogP contribution in [0.3, 0.4) is 0 Å². The number of aliphatic hydroxyl groups is 3. The van der Waals surface area contributed by atoms with E-state index in [4.69, 9.17) is 14.9 Å². The van der Waals surface area contributed by atoms with Crippen molar-refractivity contribution in [2.75, 3.05) is 12.4 Å². The Labute approximate surface area is 150 Å². The Morgan fingerprint density at radius 1 is 1.35 bits per heavy atom. The molecule has 0 aromatic carbocycles. The molecule has 1 aliphatic rings. The summed E-state index contributed by atoms with van der Waals surface area (Å²) in [5, 5.41) is 40.4. The molecule has 1 unspecified atom stereocenters. The van der Waals surface area contributed by atoms with Gasteiger partial charge in [0.15, 0.2) is 0 Å². The van der Waals surface area contributed by atoms with Crippen LogP contribution in [0.25, 0.3) is 0 Å². The summed E-state index contributed by atoms with van der Waals surface area (Å²) < 4.78 is 31.6. The highest BCUT2D eigenvalue weighted by Gasteiger charge is 2.44. The molecule has 0 saturated carbocycles. The maximum Gasteiger partial charge on any atom is 0.370 e. The highest BCUT2D eigenvalue weighted by Crippen LogP contribution is 2.23. The molecule has 12 heteroatoms. The molecule has 6 N–H and O–H groups in total. The first-order chi connectivity index (χ1) is 12.0. The van der Waals surface area contributed by atoms with Crippen molar-refractivity contribution in [1.29, 1.82) is 0 Å². The summed E-state index contributed by atoms with van der Waals surface area (Å²) >= 11 is 0. The Balaban J connectivity index is 3.31. The minimum atomic E-state index is -3.81. The number of nitrogens with one attached hydrogen (secondary N) is 2. The van der Waals surface area contributed by atoms with Gasteiger partial charge in [-0.2, -0.15) is 0 Å². The van der Waals surface area contributed by atoms with E-state index in [2.05, 4.69) is 10.0 Å². The van der Waals surface area contributed by atoms with Crippen LogP contribution in [0.4, 0.5) is 0 Å². The number of aliphatic hydroxyl groups excluding tert-OH is 3. The number of amides is 1. The van der Waals surface area contributed by atoms with Gasteiger partial charge < -0.3 is 30.5 Å². The monoisotopic (exact) mass is 396 g/mol. The van der Waals surface area contributed by atoms with Gasteiger partial charge in [-0.3, -0.25) is 4.79 Å². The van der Waals surface area contributed by atoms with E-state index < -0.39 is 64.7 Å². The van der Waals surface area contributed by atoms with Crippen LogP contribution in [-0.2, 0) is 24.3 Å². The molecular weight excluding hydrogens is 372 g/mol. The Hall–Kier alpha value is -1.73. The zero-order valence-electron chi connectivity index (χ0n) is 14.3. The predicted molar refractivity (Wildman–Crippen MR) is 88.3 cm³/mol. The number of carboxylic acid groups (broad SMARTS) is 1. The molecule has 1 heterocycles. The Bertz CT molecular complexity index is 649. The van der Waals surface area contributed by atoms with Crippen molar-refractivity contribution in [2.24, 2.45) is 0 Å². The summed E-state index contributed by atoms with van der Waals surface area (Å²) in [4.78, 5) is 22.8. The summed E-state index contributed by atoms with van der Waals surface area (Å²) in [6.45, 7) is 1.92. The number of aliphatic carboxylic acids is 1. The fraction of sp³-hybridized carbons (Fsp3) is 0.714. The number of carbonyl (C=O) groups excluding carboxylic acids is 1. The van der Waals surface area contributed by atoms with Gasteiger partial charge in [-0.15, -0.1) is 0 Å². The van der Waals surface area contributed by atoms with Gasteiger partial charge in [0, 0.05) is 6.92 Å². The lowest BCUT2D eigenvalue weighted by atomic mass is 9.92. The maximum atomic E-state index is 12.1. The summed E-state index contributed by atoms with van der Waals surface area (Å²) in [7, 11) is -3.81. The van der Waals surface area contributed by atoms with Gasteiger partial charge in [0.1, 0.15) is 18.3 Å². The third kappa shape index (κ3) is 5.92. The normalized spacial score (nSPS) is 25.6. The average Bonchev–Trinajstić information content (AvgIpc) is 2.53. The van der Waals surface area contributed by atoms with Crippen LogP contribution < -0.4 is 10.0 Å². The van der Waals surface area contributed by atoms with E-state index in [9.17, 15) is 28.2 Å². The van der Waals surface area contributed by atoms with Gasteiger partial charge in [0.05, 0.1) is 24.4 Å². The summed E-state index contributed by atoms with van der Waals surface area (Å²) in [5.74, 6) is -3.02. The van der Waals surface area contributed by atoms with Crippen LogP contribution in [-0.4, -0.2) is 83.5 Å². The highest BCUT2D eigenvalue weighted by atomic mass is 32.2. The van der Waals surface area contributed by atoms with Gasteiger partial charge in [-0.1, -0.05) is 6.92 Å². The van der Waals surface area contributed by atoms with E-state index in [1.54, 1.807) is 6.92 Å². The minimum Gasteiger partial charge on any atom is -0.478 e. The zero-order valence-corrected chi connectivity index (χ0v) is 15.1. The van der Waals surface area contributed by atoms with Crippen LogP contribution in [0.1, 0.15) is 20.3 Å². The summed E-state index contributed by atoms with van der Waals surface area (Å²) in [6, 6.07) is -2.47. The molecular formula is C14H24N2O9S. The Morgan fingerprint density at radius 3 is 2.42 bits per heavy atom. The second-order valence-corrected chi connectivity index (χ2v) is 7.72. The number of hydrogen-bond acceptors (Lipinski definition) is 8. The maximum absolute atomic E-state index is 12.1. The third-order valence-corrected chi connectivity index (χ3v) is 5.20. The lowest BCUT2D eigenvalue weighted by Gasteiger charge is -2.39. The molecule has 0 fully saturated rings. The van der Waals surface area contributed by atoms with Gasteiger partial charge in [-0.05, 0) is 12.5 Å². The van der Waals surface area contributed by atoms with E-state index in [1.807, 2.05) is 0 Å². The lowest BCUT2D eigenvalue weighted by Crippen LogP contribution is -2.63. The highest BCUT2D eigenvalue weighted by molar-refractivity contribution is 7.89. The van der Waals surface area contributed by atoms with Crippen molar-refractivity contribution in [2.45, 2.75) is 50.7 Å². The number of hydrogen-bond donors (Lipinski definition) is 6. The largest absolute Gasteiger partial charge is 0.478 e. The van der Waals surface area contributed by atoms with Crippen LogP contribution in [0, 0.1) is 0 Å². The number of carboxylic acids is 1. The van der Waals surface area contributed by atoms with Crippen LogP contribution in [0.2, 0.25) is 0 Å². The zero-order chi connectivity index (χ0) is 20.1. The topological polar surface area (TPSA) is 182 Å². The Kier molecular flexibility index (Phi) is 7.96. The molecule has 1 aliphatic heterocycles. The molecule has 150 valence electrons. The predicted octanol–water partition coefficient (Wildman–Crippen LogP) is -2.73. The number of ether oxygens (including phenoxy) is 1. The molecule has 11 nitrogen and oxygen atoms in total. The first-order valence-corrected chi connectivity index (χ1v) is 9.53. The smallest absolute Gasteiger partial charge is 0.370 e. The van der Waals surface area contributed by atoms with Crippen molar-refractivity contribution in [3.8, 4) is 0 Å². The van der Waals surface area contributed by atoms with Crippen LogP contribution in [0.15, 0.2) is 11.8 Å². The van der Waals surface area contributed by atoms with Gasteiger partial charge >= 0.3 is 5.97 Å². The molecule has 1 rings (SSSR count). The molecule has 0 bridgehead atoms. The molecule has 26 heavy (non-hydrogen) atoms. The van der Waals surface area contributed by atoms with E-state index in [0.29, 0.717) is 6.42 Å². The molecule has 0 aromatic heterocycles. The third-order valence-electron chi connectivity index (χ3n) is 3.62. The van der Waals surface area contributed by atoms with Crippen molar-refractivity contribution in [3.05, 3.63) is 11.8 Å². The van der Waals surface area contributed by atoms with Crippen LogP contribution in [0.5, 0.6) is 0 Å². The SMILES string of the molecule is CCCS(=O)(=O)N[C@H]1C=C(C(=O)O)O[C@@H]([C@H](O)C(O)CO)[C@@H]1NC(C)=O. The van der Waals surface area contributed by atoms with Crippen molar-refractivity contribution >= 4 is 21.9 Å².